The third-order valence-corrected chi connectivity index (χ3v) is 7.11. The van der Waals surface area contributed by atoms with E-state index < -0.39 is 5.97 Å². The van der Waals surface area contributed by atoms with E-state index in [9.17, 15) is 9.59 Å². The molecule has 3 aromatic heterocycles. The molecule has 32 heavy (non-hydrogen) atoms. The summed E-state index contributed by atoms with van der Waals surface area (Å²) in [5.74, 6) is -0.943. The van der Waals surface area contributed by atoms with Crippen LogP contribution in [-0.2, 0) is 16.1 Å². The van der Waals surface area contributed by atoms with Gasteiger partial charge in [0, 0.05) is 17.8 Å². The van der Waals surface area contributed by atoms with Crippen LogP contribution in [0.3, 0.4) is 0 Å². The summed E-state index contributed by atoms with van der Waals surface area (Å²) in [6.07, 6.45) is 0.629. The molecule has 8 nitrogen and oxygen atoms in total. The first-order chi connectivity index (χ1) is 15.6. The lowest BCUT2D eigenvalue weighted by Crippen LogP contribution is -2.31. The van der Waals surface area contributed by atoms with Gasteiger partial charge in [0.15, 0.2) is 6.61 Å². The van der Waals surface area contributed by atoms with Crippen molar-refractivity contribution in [2.24, 2.45) is 5.10 Å². The topological polar surface area (TPSA) is 89.7 Å². The van der Waals surface area contributed by atoms with Crippen molar-refractivity contribution in [3.63, 3.8) is 0 Å². The second-order valence-corrected chi connectivity index (χ2v) is 9.11. The zero-order valence-electron chi connectivity index (χ0n) is 17.2. The van der Waals surface area contributed by atoms with Gasteiger partial charge in [-0.15, -0.1) is 27.8 Å². The molecule has 0 aliphatic carbocycles. The molecule has 1 amide bonds. The number of aromatic nitrogens is 3. The Balaban J connectivity index is 1.31. The van der Waals surface area contributed by atoms with Gasteiger partial charge < -0.3 is 4.74 Å². The van der Waals surface area contributed by atoms with E-state index >= 15 is 0 Å². The fourth-order valence-electron chi connectivity index (χ4n) is 3.64. The zero-order valence-corrected chi connectivity index (χ0v) is 18.8. The third kappa shape index (κ3) is 3.82. The minimum Gasteiger partial charge on any atom is -0.452 e. The van der Waals surface area contributed by atoms with Crippen molar-refractivity contribution in [1.82, 2.24) is 20.0 Å². The van der Waals surface area contributed by atoms with Crippen molar-refractivity contribution in [3.8, 4) is 0 Å². The first-order valence-corrected chi connectivity index (χ1v) is 11.9. The smallest absolute Gasteiger partial charge is 0.338 e. The molecule has 0 spiro atoms. The average molecular weight is 466 g/mol. The molecule has 0 N–H and O–H groups in total. The molecular formula is C22H19N5O3S2. The summed E-state index contributed by atoms with van der Waals surface area (Å²) in [4.78, 5) is 27.6. The molecule has 4 heterocycles. The van der Waals surface area contributed by atoms with E-state index in [2.05, 4.69) is 15.4 Å². The summed E-state index contributed by atoms with van der Waals surface area (Å²) in [5, 5.41) is 18.1. The molecule has 1 atom stereocenters. The van der Waals surface area contributed by atoms with Gasteiger partial charge in [-0.1, -0.05) is 17.3 Å². The van der Waals surface area contributed by atoms with E-state index in [1.165, 1.54) is 5.01 Å². The number of hydrazone groups is 1. The summed E-state index contributed by atoms with van der Waals surface area (Å²) < 4.78 is 7.07. The number of carbonyl (C=O) groups excluding carboxylic acids is 2. The standard InChI is InChI=1S/C22H19N5O3S2/c1-2-26-17-8-7-14(11-15(17)23-25-26)22(29)30-13-21(28)27-18(20-6-4-10-32-20)12-16(24-27)19-5-3-9-31-19/h3-11,18H,2,12-13H2,1H3/t18-/m0/s1. The summed E-state index contributed by atoms with van der Waals surface area (Å²) in [7, 11) is 0. The van der Waals surface area contributed by atoms with Crippen LogP contribution >= 0.6 is 22.7 Å². The molecule has 10 heteroatoms. The predicted octanol–water partition coefficient (Wildman–Crippen LogP) is 4.11. The number of esters is 1. The van der Waals surface area contributed by atoms with Gasteiger partial charge in [0.05, 0.1) is 27.7 Å². The van der Waals surface area contributed by atoms with Crippen LogP contribution in [0.4, 0.5) is 0 Å². The number of ether oxygens (including phenoxy) is 1. The predicted molar refractivity (Wildman–Crippen MR) is 123 cm³/mol. The quantitative estimate of drug-likeness (QED) is 0.400. The highest BCUT2D eigenvalue weighted by Crippen LogP contribution is 2.35. The number of rotatable bonds is 6. The number of hydrogen-bond donors (Lipinski definition) is 0. The first kappa shape index (κ1) is 20.5. The van der Waals surface area contributed by atoms with E-state index in [1.54, 1.807) is 45.6 Å². The van der Waals surface area contributed by atoms with Crippen LogP contribution in [-0.4, -0.2) is 44.2 Å². The van der Waals surface area contributed by atoms with Crippen molar-refractivity contribution in [2.75, 3.05) is 6.61 Å². The molecule has 0 saturated carbocycles. The molecule has 5 rings (SSSR count). The largest absolute Gasteiger partial charge is 0.452 e. The minimum absolute atomic E-state index is 0.196. The summed E-state index contributed by atoms with van der Waals surface area (Å²) in [6, 6.07) is 12.8. The SMILES string of the molecule is CCn1nnc2cc(C(=O)OCC(=O)N3N=C(c4cccs4)C[C@H]3c3cccs3)ccc21. The van der Waals surface area contributed by atoms with Gasteiger partial charge in [0.2, 0.25) is 0 Å². The molecule has 162 valence electrons. The average Bonchev–Trinajstić information content (AvgIpc) is 3.62. The fraction of sp³-hybridized carbons (Fsp3) is 0.227. The molecule has 1 aliphatic rings. The van der Waals surface area contributed by atoms with Crippen LogP contribution in [0.1, 0.15) is 39.5 Å². The highest BCUT2D eigenvalue weighted by Gasteiger charge is 2.34. The number of fused-ring (bicyclic) bond motifs is 1. The van der Waals surface area contributed by atoms with E-state index in [4.69, 9.17) is 4.74 Å². The molecule has 4 aromatic rings. The van der Waals surface area contributed by atoms with Crippen molar-refractivity contribution < 1.29 is 14.3 Å². The Hall–Kier alpha value is -3.37. The number of amides is 1. The Labute approximate surface area is 191 Å². The van der Waals surface area contributed by atoms with E-state index in [0.717, 1.165) is 21.0 Å². The summed E-state index contributed by atoms with van der Waals surface area (Å²) >= 11 is 3.17. The van der Waals surface area contributed by atoms with Gasteiger partial charge in [-0.3, -0.25) is 4.79 Å². The molecule has 0 saturated heterocycles. The highest BCUT2D eigenvalue weighted by atomic mass is 32.1. The molecule has 0 fully saturated rings. The maximum atomic E-state index is 13.0. The van der Waals surface area contributed by atoms with E-state index in [0.29, 0.717) is 24.0 Å². The van der Waals surface area contributed by atoms with E-state index in [-0.39, 0.29) is 18.6 Å². The van der Waals surface area contributed by atoms with E-state index in [1.807, 2.05) is 41.9 Å². The maximum Gasteiger partial charge on any atom is 0.338 e. The number of benzene rings is 1. The second kappa shape index (κ2) is 8.64. The molecule has 0 radical (unpaired) electrons. The van der Waals surface area contributed by atoms with Crippen LogP contribution in [0.25, 0.3) is 11.0 Å². The normalized spacial score (nSPS) is 15.8. The van der Waals surface area contributed by atoms with Crippen molar-refractivity contribution in [2.45, 2.75) is 25.9 Å². The van der Waals surface area contributed by atoms with Crippen molar-refractivity contribution in [3.05, 3.63) is 68.5 Å². The zero-order chi connectivity index (χ0) is 22.1. The summed E-state index contributed by atoms with van der Waals surface area (Å²) in [5.41, 5.74) is 2.64. The van der Waals surface area contributed by atoms with Gasteiger partial charge in [0.25, 0.3) is 5.91 Å². The fourth-order valence-corrected chi connectivity index (χ4v) is 5.18. The monoisotopic (exact) mass is 465 g/mol. The van der Waals surface area contributed by atoms with Gasteiger partial charge in [-0.05, 0) is 48.0 Å². The Bertz CT molecular complexity index is 1290. The van der Waals surface area contributed by atoms with Gasteiger partial charge in [-0.2, -0.15) is 5.10 Å². The van der Waals surface area contributed by atoms with Crippen LogP contribution < -0.4 is 0 Å². The van der Waals surface area contributed by atoms with Crippen LogP contribution in [0.5, 0.6) is 0 Å². The maximum absolute atomic E-state index is 13.0. The molecule has 0 unspecified atom stereocenters. The number of aryl methyl sites for hydroxylation is 1. The van der Waals surface area contributed by atoms with Crippen LogP contribution in [0.15, 0.2) is 58.3 Å². The number of carbonyl (C=O) groups is 2. The first-order valence-electron chi connectivity index (χ1n) is 10.1. The molecule has 1 aromatic carbocycles. The number of thiophene rings is 2. The molecule has 1 aliphatic heterocycles. The third-order valence-electron chi connectivity index (χ3n) is 5.22. The highest BCUT2D eigenvalue weighted by molar-refractivity contribution is 7.12. The van der Waals surface area contributed by atoms with Crippen molar-refractivity contribution in [1.29, 1.82) is 0 Å². The second-order valence-electron chi connectivity index (χ2n) is 7.18. The summed E-state index contributed by atoms with van der Waals surface area (Å²) in [6.45, 7) is 2.27. The number of hydrogen-bond acceptors (Lipinski definition) is 8. The lowest BCUT2D eigenvalue weighted by atomic mass is 10.1. The molecule has 0 bridgehead atoms. The lowest BCUT2D eigenvalue weighted by Gasteiger charge is -2.20. The Morgan fingerprint density at radius 3 is 2.75 bits per heavy atom. The lowest BCUT2D eigenvalue weighted by molar-refractivity contribution is -0.136. The number of nitrogens with zero attached hydrogens (tertiary/aromatic N) is 5. The van der Waals surface area contributed by atoms with Gasteiger partial charge in [-0.25, -0.2) is 14.5 Å². The van der Waals surface area contributed by atoms with Crippen molar-refractivity contribution >= 4 is 51.3 Å². The molecular weight excluding hydrogens is 446 g/mol. The van der Waals surface area contributed by atoms with Crippen LogP contribution in [0.2, 0.25) is 0 Å². The Kier molecular flexibility index (Phi) is 5.54. The Morgan fingerprint density at radius 2 is 2.00 bits per heavy atom. The minimum atomic E-state index is -0.583. The Morgan fingerprint density at radius 1 is 1.16 bits per heavy atom. The van der Waals surface area contributed by atoms with Crippen LogP contribution in [0, 0.1) is 0 Å². The van der Waals surface area contributed by atoms with Gasteiger partial charge >= 0.3 is 5.97 Å². The van der Waals surface area contributed by atoms with Gasteiger partial charge in [0.1, 0.15) is 5.52 Å².